The molecule has 0 bridgehead atoms. The van der Waals surface area contributed by atoms with E-state index in [0.29, 0.717) is 5.69 Å². The van der Waals surface area contributed by atoms with E-state index in [2.05, 4.69) is 15.4 Å². The molecule has 6 nitrogen and oxygen atoms in total. The van der Waals surface area contributed by atoms with E-state index in [-0.39, 0.29) is 18.0 Å². The van der Waals surface area contributed by atoms with Crippen molar-refractivity contribution in [3.63, 3.8) is 0 Å². The lowest BCUT2D eigenvalue weighted by molar-refractivity contribution is -0.178. The van der Waals surface area contributed by atoms with Crippen molar-refractivity contribution < 1.29 is 32.5 Å². The van der Waals surface area contributed by atoms with Gasteiger partial charge in [-0.2, -0.15) is 8.78 Å². The Hall–Kier alpha value is -3.10. The fourth-order valence-corrected chi connectivity index (χ4v) is 2.41. The first-order valence-electron chi connectivity index (χ1n) is 8.18. The summed E-state index contributed by atoms with van der Waals surface area (Å²) in [4.78, 5) is 12.4. The number of rotatable bonds is 5. The summed E-state index contributed by atoms with van der Waals surface area (Å²) >= 11 is 0. The summed E-state index contributed by atoms with van der Waals surface area (Å²) in [7, 11) is 0. The highest BCUT2D eigenvalue weighted by molar-refractivity contribution is 5.95. The number of halogens is 3. The normalized spacial score (nSPS) is 15.9. The minimum Gasteiger partial charge on any atom is -0.504 e. The third kappa shape index (κ3) is 4.36. The molecule has 1 amide bonds. The second kappa shape index (κ2) is 7.26. The van der Waals surface area contributed by atoms with Crippen LogP contribution in [0.3, 0.4) is 0 Å². The fraction of sp³-hybridized carbons (Fsp3) is 0.278. The van der Waals surface area contributed by atoms with Crippen LogP contribution in [-0.4, -0.2) is 29.8 Å². The van der Waals surface area contributed by atoms with Crippen molar-refractivity contribution in [2.45, 2.75) is 25.6 Å². The number of hydrogen-bond donors (Lipinski definition) is 3. The van der Waals surface area contributed by atoms with Crippen LogP contribution in [0.25, 0.3) is 0 Å². The highest BCUT2D eigenvalue weighted by Crippen LogP contribution is 2.34. The van der Waals surface area contributed by atoms with Gasteiger partial charge in [0.15, 0.2) is 17.6 Å². The van der Waals surface area contributed by atoms with Crippen molar-refractivity contribution in [3.8, 4) is 17.2 Å². The number of anilines is 2. The van der Waals surface area contributed by atoms with Crippen LogP contribution in [0.15, 0.2) is 36.4 Å². The van der Waals surface area contributed by atoms with Crippen molar-refractivity contribution in [1.29, 1.82) is 0 Å². The lowest BCUT2D eigenvalue weighted by atomic mass is 10.2. The molecular weight excluding hydrogens is 365 g/mol. The van der Waals surface area contributed by atoms with Gasteiger partial charge in [0.2, 0.25) is 0 Å². The maximum absolute atomic E-state index is 13.4. The van der Waals surface area contributed by atoms with E-state index < -0.39 is 41.9 Å². The molecule has 144 valence electrons. The van der Waals surface area contributed by atoms with Gasteiger partial charge in [0.25, 0.3) is 5.91 Å². The predicted molar refractivity (Wildman–Crippen MR) is 91.9 cm³/mol. The zero-order valence-corrected chi connectivity index (χ0v) is 14.3. The number of nitrogens with one attached hydrogen (secondary N) is 2. The highest BCUT2D eigenvalue weighted by Gasteiger charge is 2.30. The predicted octanol–water partition coefficient (Wildman–Crippen LogP) is 3.72. The van der Waals surface area contributed by atoms with Crippen LogP contribution in [-0.2, 0) is 4.79 Å². The van der Waals surface area contributed by atoms with E-state index in [1.54, 1.807) is 0 Å². The Kier molecular flexibility index (Phi) is 5.02. The first-order chi connectivity index (χ1) is 12.8. The second-order valence-electron chi connectivity index (χ2n) is 5.89. The number of benzene rings is 2. The molecule has 2 aromatic carbocycles. The SMILES string of the molecule is CCC(F)(F)Oc1cc(NC(=O)C2CNc3ccc(F)cc3O2)ccc1O. The third-order valence-electron chi connectivity index (χ3n) is 3.88. The van der Waals surface area contributed by atoms with Gasteiger partial charge in [0, 0.05) is 24.2 Å². The maximum Gasteiger partial charge on any atom is 0.397 e. The first kappa shape index (κ1) is 18.7. The monoisotopic (exact) mass is 382 g/mol. The van der Waals surface area contributed by atoms with Crippen LogP contribution in [0.2, 0.25) is 0 Å². The third-order valence-corrected chi connectivity index (χ3v) is 3.88. The van der Waals surface area contributed by atoms with E-state index in [4.69, 9.17) is 4.74 Å². The summed E-state index contributed by atoms with van der Waals surface area (Å²) in [5.41, 5.74) is 0.691. The van der Waals surface area contributed by atoms with E-state index in [9.17, 15) is 23.1 Å². The Balaban J connectivity index is 1.71. The van der Waals surface area contributed by atoms with E-state index in [1.807, 2.05) is 0 Å². The van der Waals surface area contributed by atoms with Crippen molar-refractivity contribution in [2.24, 2.45) is 0 Å². The molecule has 0 saturated carbocycles. The molecule has 0 aromatic heterocycles. The molecule has 0 fully saturated rings. The van der Waals surface area contributed by atoms with Crippen molar-refractivity contribution in [2.75, 3.05) is 17.2 Å². The quantitative estimate of drug-likeness (QED) is 0.687. The molecule has 3 rings (SSSR count). The van der Waals surface area contributed by atoms with Gasteiger partial charge in [-0.15, -0.1) is 0 Å². The van der Waals surface area contributed by atoms with Crippen molar-refractivity contribution in [3.05, 3.63) is 42.2 Å². The molecule has 27 heavy (non-hydrogen) atoms. The summed E-state index contributed by atoms with van der Waals surface area (Å²) in [6.45, 7) is 1.37. The first-order valence-corrected chi connectivity index (χ1v) is 8.18. The number of carbonyl (C=O) groups excluding carboxylic acids is 1. The Bertz CT molecular complexity index is 860. The average molecular weight is 382 g/mol. The summed E-state index contributed by atoms with van der Waals surface area (Å²) in [5.74, 6) is -1.83. The molecule has 1 unspecified atom stereocenters. The number of amides is 1. The molecular formula is C18H17F3N2O4. The molecule has 1 aliphatic heterocycles. The Morgan fingerprint density at radius 1 is 1.37 bits per heavy atom. The maximum atomic E-state index is 13.4. The topological polar surface area (TPSA) is 79.8 Å². The molecule has 1 heterocycles. The van der Waals surface area contributed by atoms with Gasteiger partial charge < -0.3 is 25.2 Å². The van der Waals surface area contributed by atoms with E-state index in [0.717, 1.165) is 18.2 Å². The van der Waals surface area contributed by atoms with E-state index in [1.165, 1.54) is 25.1 Å². The highest BCUT2D eigenvalue weighted by atomic mass is 19.3. The summed E-state index contributed by atoms with van der Waals surface area (Å²) in [6, 6.07) is 7.45. The number of aromatic hydroxyl groups is 1. The number of ether oxygens (including phenoxy) is 2. The Morgan fingerprint density at radius 2 is 2.15 bits per heavy atom. The molecule has 0 saturated heterocycles. The van der Waals surface area contributed by atoms with Gasteiger partial charge in [-0.05, 0) is 24.3 Å². The number of hydrogen-bond acceptors (Lipinski definition) is 5. The molecule has 2 aromatic rings. The summed E-state index contributed by atoms with van der Waals surface area (Å²) in [6.07, 6.45) is -5.00. The Labute approximate surface area is 152 Å². The zero-order chi connectivity index (χ0) is 19.6. The van der Waals surface area contributed by atoms with Crippen LogP contribution < -0.4 is 20.1 Å². The number of alkyl halides is 2. The molecule has 0 radical (unpaired) electrons. The van der Waals surface area contributed by atoms with E-state index >= 15 is 0 Å². The minimum atomic E-state index is -3.45. The second-order valence-corrected chi connectivity index (χ2v) is 5.89. The van der Waals surface area contributed by atoms with Crippen molar-refractivity contribution >= 4 is 17.3 Å². The van der Waals surface area contributed by atoms with Gasteiger partial charge in [0.05, 0.1) is 12.2 Å². The number of phenols is 1. The fourth-order valence-electron chi connectivity index (χ4n) is 2.41. The van der Waals surface area contributed by atoms with Crippen LogP contribution >= 0.6 is 0 Å². The van der Waals surface area contributed by atoms with Gasteiger partial charge in [0.1, 0.15) is 11.6 Å². The van der Waals surface area contributed by atoms with Crippen LogP contribution in [0, 0.1) is 5.82 Å². The average Bonchev–Trinajstić information content (AvgIpc) is 2.63. The van der Waals surface area contributed by atoms with Crippen molar-refractivity contribution in [1.82, 2.24) is 0 Å². The van der Waals surface area contributed by atoms with Gasteiger partial charge >= 0.3 is 6.11 Å². The van der Waals surface area contributed by atoms with Crippen LogP contribution in [0.5, 0.6) is 17.2 Å². The zero-order valence-electron chi connectivity index (χ0n) is 14.3. The van der Waals surface area contributed by atoms with Gasteiger partial charge in [-0.3, -0.25) is 4.79 Å². The van der Waals surface area contributed by atoms with Gasteiger partial charge in [-0.25, -0.2) is 4.39 Å². The lowest BCUT2D eigenvalue weighted by Crippen LogP contribution is -2.41. The minimum absolute atomic E-state index is 0.133. The van der Waals surface area contributed by atoms with Crippen LogP contribution in [0.1, 0.15) is 13.3 Å². The Morgan fingerprint density at radius 3 is 2.89 bits per heavy atom. The largest absolute Gasteiger partial charge is 0.504 e. The lowest BCUT2D eigenvalue weighted by Gasteiger charge is -2.26. The molecule has 3 N–H and O–H groups in total. The summed E-state index contributed by atoms with van der Waals surface area (Å²) in [5, 5.41) is 15.1. The molecule has 1 atom stereocenters. The molecule has 0 aliphatic carbocycles. The van der Waals surface area contributed by atoms with Crippen LogP contribution in [0.4, 0.5) is 24.5 Å². The number of carbonyl (C=O) groups is 1. The van der Waals surface area contributed by atoms with Gasteiger partial charge in [-0.1, -0.05) is 6.92 Å². The standard InChI is InChI=1S/C18H17F3N2O4/c1-2-18(20,21)27-15-8-11(4-6-13(15)24)23-17(25)16-9-22-12-5-3-10(19)7-14(12)26-16/h3-8,16,22,24H,2,9H2,1H3,(H,23,25). The smallest absolute Gasteiger partial charge is 0.397 e. The number of phenolic OH excluding ortho intramolecular Hbond substituents is 1. The number of fused-ring (bicyclic) bond motifs is 1. The molecule has 0 spiro atoms. The molecule has 9 heteroatoms. The molecule has 1 aliphatic rings. The summed E-state index contributed by atoms with van der Waals surface area (Å²) < 4.78 is 50.1.